The standard InChI is InChI=1S/C16H25BFNO2/c1-15(2,20-5)16(3,4)21-17-11-6-9-13(18)14(10-11)19-12-7-8-12/h6,9-10,12,17,19H,7-8H2,1-5H3. The maximum absolute atomic E-state index is 13.8. The Labute approximate surface area is 127 Å². The molecule has 0 aliphatic heterocycles. The summed E-state index contributed by atoms with van der Waals surface area (Å²) in [5, 5.41) is 3.21. The Balaban J connectivity index is 2.02. The summed E-state index contributed by atoms with van der Waals surface area (Å²) in [4.78, 5) is 0. The Morgan fingerprint density at radius 2 is 1.86 bits per heavy atom. The van der Waals surface area contributed by atoms with Crippen LogP contribution in [0.2, 0.25) is 0 Å². The lowest BCUT2D eigenvalue weighted by Crippen LogP contribution is -2.50. The molecule has 0 amide bonds. The van der Waals surface area contributed by atoms with Gasteiger partial charge >= 0.3 is 7.48 Å². The van der Waals surface area contributed by atoms with Gasteiger partial charge < -0.3 is 14.7 Å². The fourth-order valence-electron chi connectivity index (χ4n) is 1.90. The summed E-state index contributed by atoms with van der Waals surface area (Å²) in [6, 6.07) is 5.53. The van der Waals surface area contributed by atoms with Crippen LogP contribution in [0.15, 0.2) is 18.2 Å². The zero-order valence-electron chi connectivity index (χ0n) is 13.6. The molecule has 5 heteroatoms. The molecule has 0 radical (unpaired) electrons. The summed E-state index contributed by atoms with van der Waals surface area (Å²) in [5.41, 5.74) is 0.685. The summed E-state index contributed by atoms with van der Waals surface area (Å²) >= 11 is 0. The fraction of sp³-hybridized carbons (Fsp3) is 0.625. The van der Waals surface area contributed by atoms with Crippen LogP contribution < -0.4 is 10.8 Å². The van der Waals surface area contributed by atoms with Crippen molar-refractivity contribution in [3.05, 3.63) is 24.0 Å². The number of ether oxygens (including phenoxy) is 1. The molecule has 0 spiro atoms. The van der Waals surface area contributed by atoms with Gasteiger partial charge in [0.2, 0.25) is 0 Å². The van der Waals surface area contributed by atoms with Crippen molar-refractivity contribution in [2.24, 2.45) is 0 Å². The molecule has 1 N–H and O–H groups in total. The van der Waals surface area contributed by atoms with Gasteiger partial charge in [0.05, 0.1) is 16.9 Å². The number of halogens is 1. The third-order valence-corrected chi connectivity index (χ3v) is 4.53. The van der Waals surface area contributed by atoms with E-state index in [9.17, 15) is 4.39 Å². The van der Waals surface area contributed by atoms with Gasteiger partial charge in [-0.1, -0.05) is 11.5 Å². The van der Waals surface area contributed by atoms with Crippen LogP contribution in [0.25, 0.3) is 0 Å². The molecule has 1 aliphatic rings. The fourth-order valence-corrected chi connectivity index (χ4v) is 1.90. The molecule has 2 rings (SSSR count). The summed E-state index contributed by atoms with van der Waals surface area (Å²) in [6.45, 7) is 8.00. The molecule has 0 heterocycles. The third kappa shape index (κ3) is 3.98. The average molecular weight is 293 g/mol. The maximum atomic E-state index is 13.8. The molecule has 0 bridgehead atoms. The van der Waals surface area contributed by atoms with Crippen molar-refractivity contribution in [3.63, 3.8) is 0 Å². The second-order valence-electron chi connectivity index (χ2n) is 6.75. The first-order valence-electron chi connectivity index (χ1n) is 7.49. The lowest BCUT2D eigenvalue weighted by atomic mass is 9.82. The molecule has 116 valence electrons. The van der Waals surface area contributed by atoms with Crippen LogP contribution in [0.3, 0.4) is 0 Å². The molecule has 1 aliphatic carbocycles. The van der Waals surface area contributed by atoms with E-state index in [0.29, 0.717) is 19.2 Å². The van der Waals surface area contributed by atoms with E-state index in [2.05, 4.69) is 5.32 Å². The highest BCUT2D eigenvalue weighted by atomic mass is 19.1. The zero-order chi connectivity index (χ0) is 15.7. The highest BCUT2D eigenvalue weighted by Crippen LogP contribution is 2.28. The zero-order valence-corrected chi connectivity index (χ0v) is 13.6. The van der Waals surface area contributed by atoms with E-state index in [4.69, 9.17) is 9.39 Å². The van der Waals surface area contributed by atoms with Gasteiger partial charge in [0.1, 0.15) is 5.82 Å². The molecular weight excluding hydrogens is 268 g/mol. The van der Waals surface area contributed by atoms with Crippen molar-refractivity contribution < 1.29 is 13.8 Å². The van der Waals surface area contributed by atoms with Crippen LogP contribution in [0, 0.1) is 5.82 Å². The van der Waals surface area contributed by atoms with Crippen LogP contribution in [-0.2, 0) is 9.39 Å². The number of nitrogens with one attached hydrogen (secondary N) is 1. The Kier molecular flexibility index (Phi) is 4.64. The average Bonchev–Trinajstić information content (AvgIpc) is 3.23. The van der Waals surface area contributed by atoms with Crippen LogP contribution in [0.1, 0.15) is 40.5 Å². The van der Waals surface area contributed by atoms with Crippen molar-refractivity contribution in [3.8, 4) is 0 Å². The van der Waals surface area contributed by atoms with Crippen LogP contribution in [0.5, 0.6) is 0 Å². The van der Waals surface area contributed by atoms with E-state index in [0.717, 1.165) is 18.3 Å². The monoisotopic (exact) mass is 293 g/mol. The minimum absolute atomic E-state index is 0.206. The highest BCUT2D eigenvalue weighted by Gasteiger charge is 2.37. The molecule has 1 saturated carbocycles. The van der Waals surface area contributed by atoms with Crippen LogP contribution in [-0.4, -0.2) is 31.8 Å². The van der Waals surface area contributed by atoms with E-state index in [1.807, 2.05) is 33.8 Å². The lowest BCUT2D eigenvalue weighted by molar-refractivity contribution is -0.114. The molecular formula is C16H25BFNO2. The van der Waals surface area contributed by atoms with Crippen molar-refractivity contribution in [1.29, 1.82) is 0 Å². The first kappa shape index (κ1) is 16.3. The number of methoxy groups -OCH3 is 1. The van der Waals surface area contributed by atoms with E-state index >= 15 is 0 Å². The van der Waals surface area contributed by atoms with E-state index in [-0.39, 0.29) is 5.82 Å². The second kappa shape index (κ2) is 5.97. The summed E-state index contributed by atoms with van der Waals surface area (Å²) < 4.78 is 25.3. The molecule has 1 fully saturated rings. The minimum Gasteiger partial charge on any atom is -0.427 e. The smallest absolute Gasteiger partial charge is 0.309 e. The molecule has 0 saturated heterocycles. The van der Waals surface area contributed by atoms with Gasteiger partial charge in [0.25, 0.3) is 0 Å². The highest BCUT2D eigenvalue weighted by molar-refractivity contribution is 6.47. The molecule has 21 heavy (non-hydrogen) atoms. The van der Waals surface area contributed by atoms with Gasteiger partial charge in [-0.05, 0) is 52.7 Å². The number of anilines is 1. The largest absolute Gasteiger partial charge is 0.427 e. The normalized spacial score (nSPS) is 15.9. The summed E-state index contributed by atoms with van der Waals surface area (Å²) in [5.74, 6) is -0.206. The SMILES string of the molecule is COC(C)(C)C(C)(C)OBc1ccc(F)c(NC2CC2)c1. The molecule has 0 atom stereocenters. The quantitative estimate of drug-likeness (QED) is 0.784. The summed E-state index contributed by atoms with van der Waals surface area (Å²) in [6.07, 6.45) is 2.24. The molecule has 0 aromatic heterocycles. The molecule has 0 unspecified atom stereocenters. The van der Waals surface area contributed by atoms with Gasteiger partial charge in [-0.3, -0.25) is 0 Å². The van der Waals surface area contributed by atoms with Crippen molar-refractivity contribution >= 4 is 18.6 Å². The predicted octanol–water partition coefficient (Wildman–Crippen LogP) is 2.60. The first-order chi connectivity index (χ1) is 9.75. The Bertz CT molecular complexity index is 501. The summed E-state index contributed by atoms with van der Waals surface area (Å²) in [7, 11) is 2.11. The van der Waals surface area contributed by atoms with Crippen LogP contribution in [0.4, 0.5) is 10.1 Å². The van der Waals surface area contributed by atoms with Gasteiger partial charge in [0, 0.05) is 13.2 Å². The van der Waals surface area contributed by atoms with Gasteiger partial charge in [-0.25, -0.2) is 4.39 Å². The first-order valence-corrected chi connectivity index (χ1v) is 7.49. The van der Waals surface area contributed by atoms with Gasteiger partial charge in [0.15, 0.2) is 0 Å². The Morgan fingerprint density at radius 3 is 2.43 bits per heavy atom. The topological polar surface area (TPSA) is 30.5 Å². The van der Waals surface area contributed by atoms with Gasteiger partial charge in [-0.2, -0.15) is 0 Å². The van der Waals surface area contributed by atoms with E-state index in [1.165, 1.54) is 6.07 Å². The Hall–Kier alpha value is -1.07. The van der Waals surface area contributed by atoms with Gasteiger partial charge in [-0.15, -0.1) is 0 Å². The second-order valence-corrected chi connectivity index (χ2v) is 6.75. The van der Waals surface area contributed by atoms with Crippen molar-refractivity contribution in [2.45, 2.75) is 57.8 Å². The molecule has 1 aromatic carbocycles. The van der Waals surface area contributed by atoms with Crippen LogP contribution >= 0.6 is 0 Å². The molecule has 1 aromatic rings. The number of hydrogen-bond donors (Lipinski definition) is 1. The molecule has 3 nitrogen and oxygen atoms in total. The maximum Gasteiger partial charge on any atom is 0.309 e. The third-order valence-electron chi connectivity index (χ3n) is 4.53. The lowest BCUT2D eigenvalue weighted by Gasteiger charge is -2.40. The number of rotatable bonds is 7. The predicted molar refractivity (Wildman–Crippen MR) is 86.1 cm³/mol. The Morgan fingerprint density at radius 1 is 1.19 bits per heavy atom. The van der Waals surface area contributed by atoms with E-state index in [1.54, 1.807) is 13.2 Å². The minimum atomic E-state index is -0.444. The number of hydrogen-bond acceptors (Lipinski definition) is 3. The van der Waals surface area contributed by atoms with Crippen molar-refractivity contribution in [1.82, 2.24) is 0 Å². The number of benzene rings is 1. The van der Waals surface area contributed by atoms with Crippen molar-refractivity contribution in [2.75, 3.05) is 12.4 Å². The van der Waals surface area contributed by atoms with E-state index < -0.39 is 11.2 Å².